The lowest BCUT2D eigenvalue weighted by Crippen LogP contribution is -2.29. The van der Waals surface area contributed by atoms with Crippen LogP contribution in [-0.4, -0.2) is 43.2 Å². The molecule has 8 nitrogen and oxygen atoms in total. The molecule has 5 heterocycles. The number of pyridine rings is 2. The maximum atomic E-state index is 16.3. The highest BCUT2D eigenvalue weighted by molar-refractivity contribution is 5.94. The van der Waals surface area contributed by atoms with Crippen LogP contribution in [0.25, 0.3) is 40.2 Å². The van der Waals surface area contributed by atoms with Crippen molar-refractivity contribution in [2.24, 2.45) is 5.92 Å². The van der Waals surface area contributed by atoms with E-state index < -0.39 is 5.83 Å². The van der Waals surface area contributed by atoms with Crippen LogP contribution in [-0.2, 0) is 0 Å². The lowest BCUT2D eigenvalue weighted by atomic mass is 10.0. The molecule has 3 N–H and O–H groups in total. The number of aromatic nitrogens is 6. The van der Waals surface area contributed by atoms with Crippen LogP contribution in [0.15, 0.2) is 49.6 Å². The van der Waals surface area contributed by atoms with Crippen molar-refractivity contribution in [1.29, 1.82) is 0 Å². The molecule has 0 atom stereocenters. The van der Waals surface area contributed by atoms with E-state index in [0.717, 1.165) is 61.4 Å². The summed E-state index contributed by atoms with van der Waals surface area (Å²) in [5.74, 6) is 0.422. The molecular formula is C31H35FN8. The predicted octanol–water partition coefficient (Wildman–Crippen LogP) is 5.44. The second-order valence-corrected chi connectivity index (χ2v) is 10.7. The summed E-state index contributed by atoms with van der Waals surface area (Å²) in [5, 5.41) is 11.7. The molecule has 0 aromatic carbocycles. The first-order valence-electron chi connectivity index (χ1n) is 14.1. The fourth-order valence-electron chi connectivity index (χ4n) is 5.88. The SMILES string of the molecule is C=C(/C(F)=c1/c(-c2nc3nccc(N4CCCCC4)c3[nH]2)n[nH]/c1=C/C)c1cncc(NC(=C)C2CCCC2)c1. The molecule has 0 amide bonds. The van der Waals surface area contributed by atoms with Crippen LogP contribution >= 0.6 is 0 Å². The number of piperidine rings is 1. The number of rotatable bonds is 7. The minimum Gasteiger partial charge on any atom is -0.370 e. The number of hydrogen-bond acceptors (Lipinski definition) is 6. The predicted molar refractivity (Wildman–Crippen MR) is 159 cm³/mol. The number of halogens is 1. The number of nitrogens with zero attached hydrogens (tertiary/aromatic N) is 5. The average molecular weight is 539 g/mol. The summed E-state index contributed by atoms with van der Waals surface area (Å²) < 4.78 is 16.3. The second-order valence-electron chi connectivity index (χ2n) is 10.7. The number of nitrogens with one attached hydrogen (secondary N) is 3. The standard InChI is InChI=1S/C31H35FN8/c1-4-24-26(27(32)19(2)22-16-23(18-33-17-22)35-20(3)21-10-6-7-11-21)29(39-38-24)31-36-28-25(12-13-34-30(28)37-31)40-14-8-5-9-15-40/h4,12-13,16-18,21,35,38H,2-3,5-11,14-15H2,1H3,(H,34,36,37)/b24-4+,27-26-. The zero-order valence-electron chi connectivity index (χ0n) is 22.9. The van der Waals surface area contributed by atoms with Crippen molar-refractivity contribution in [3.05, 3.63) is 65.7 Å². The zero-order chi connectivity index (χ0) is 27.6. The monoisotopic (exact) mass is 538 g/mol. The normalized spacial score (nSPS) is 17.4. The molecule has 0 radical (unpaired) electrons. The van der Waals surface area contributed by atoms with Gasteiger partial charge in [-0.05, 0) is 57.1 Å². The molecule has 0 spiro atoms. The zero-order valence-corrected chi connectivity index (χ0v) is 22.9. The first kappa shape index (κ1) is 26.0. The fourth-order valence-corrected chi connectivity index (χ4v) is 5.88. The van der Waals surface area contributed by atoms with E-state index in [-0.39, 0.29) is 5.57 Å². The van der Waals surface area contributed by atoms with E-state index in [0.29, 0.717) is 39.2 Å². The maximum absolute atomic E-state index is 16.3. The van der Waals surface area contributed by atoms with Crippen molar-refractivity contribution in [3.63, 3.8) is 0 Å². The summed E-state index contributed by atoms with van der Waals surface area (Å²) in [7, 11) is 0. The molecule has 1 aliphatic heterocycles. The fraction of sp³-hybridized carbons (Fsp3) is 0.355. The lowest BCUT2D eigenvalue weighted by molar-refractivity contribution is 0.578. The van der Waals surface area contributed by atoms with Gasteiger partial charge in [-0.15, -0.1) is 0 Å². The third kappa shape index (κ3) is 4.92. The van der Waals surface area contributed by atoms with Crippen molar-refractivity contribution in [2.75, 3.05) is 23.3 Å². The Morgan fingerprint density at radius 3 is 2.70 bits per heavy atom. The van der Waals surface area contributed by atoms with E-state index in [1.54, 1.807) is 24.7 Å². The van der Waals surface area contributed by atoms with Crippen LogP contribution in [0.3, 0.4) is 0 Å². The molecule has 2 aliphatic rings. The van der Waals surface area contributed by atoms with Gasteiger partial charge in [0.15, 0.2) is 11.5 Å². The number of imidazole rings is 1. The minimum absolute atomic E-state index is 0.219. The number of H-pyrrole nitrogens is 2. The maximum Gasteiger partial charge on any atom is 0.180 e. The first-order valence-corrected chi connectivity index (χ1v) is 14.1. The molecule has 206 valence electrons. The quantitative estimate of drug-likeness (QED) is 0.290. The summed E-state index contributed by atoms with van der Waals surface area (Å²) in [6.45, 7) is 12.2. The van der Waals surface area contributed by atoms with E-state index >= 15 is 4.39 Å². The lowest BCUT2D eigenvalue weighted by Gasteiger charge is -2.28. The first-order chi connectivity index (χ1) is 19.5. The molecule has 9 heteroatoms. The Kier molecular flexibility index (Phi) is 7.19. The molecule has 0 unspecified atom stereocenters. The molecule has 6 rings (SSSR count). The smallest absolute Gasteiger partial charge is 0.180 e. The van der Waals surface area contributed by atoms with Crippen molar-refractivity contribution < 1.29 is 4.39 Å². The summed E-state index contributed by atoms with van der Waals surface area (Å²) in [6, 6.07) is 3.87. The molecule has 4 aromatic heterocycles. The van der Waals surface area contributed by atoms with Crippen molar-refractivity contribution in [2.45, 2.75) is 51.9 Å². The van der Waals surface area contributed by atoms with Gasteiger partial charge >= 0.3 is 0 Å². The summed E-state index contributed by atoms with van der Waals surface area (Å²) in [6.07, 6.45) is 15.2. The molecule has 1 aliphatic carbocycles. The molecular weight excluding hydrogens is 503 g/mol. The van der Waals surface area contributed by atoms with Crippen molar-refractivity contribution in [3.8, 4) is 11.5 Å². The number of aromatic amines is 2. The summed E-state index contributed by atoms with van der Waals surface area (Å²) in [4.78, 5) is 19.3. The van der Waals surface area contributed by atoms with Gasteiger partial charge in [0, 0.05) is 42.3 Å². The van der Waals surface area contributed by atoms with Gasteiger partial charge in [-0.2, -0.15) is 5.10 Å². The summed E-state index contributed by atoms with van der Waals surface area (Å²) in [5.41, 5.74) is 5.41. The Balaban J connectivity index is 1.37. The van der Waals surface area contributed by atoms with Gasteiger partial charge in [-0.25, -0.2) is 14.4 Å². The molecule has 2 fully saturated rings. The molecule has 40 heavy (non-hydrogen) atoms. The van der Waals surface area contributed by atoms with Gasteiger partial charge in [0.25, 0.3) is 0 Å². The van der Waals surface area contributed by atoms with E-state index in [2.05, 4.69) is 48.5 Å². The Morgan fingerprint density at radius 1 is 1.12 bits per heavy atom. The van der Waals surface area contributed by atoms with Gasteiger partial charge < -0.3 is 15.2 Å². The second kappa shape index (κ2) is 11.1. The highest BCUT2D eigenvalue weighted by Crippen LogP contribution is 2.32. The minimum atomic E-state index is -0.491. The highest BCUT2D eigenvalue weighted by atomic mass is 19.1. The Hall–Kier alpha value is -4.27. The summed E-state index contributed by atoms with van der Waals surface area (Å²) >= 11 is 0. The van der Waals surface area contributed by atoms with Gasteiger partial charge in [-0.1, -0.05) is 32.1 Å². The molecule has 4 aromatic rings. The van der Waals surface area contributed by atoms with E-state index in [4.69, 9.17) is 4.98 Å². The Bertz CT molecular complexity index is 1690. The number of fused-ring (bicyclic) bond motifs is 1. The van der Waals surface area contributed by atoms with Gasteiger partial charge in [0.05, 0.1) is 28.1 Å². The Morgan fingerprint density at radius 2 is 1.93 bits per heavy atom. The molecule has 0 bridgehead atoms. The van der Waals surface area contributed by atoms with Gasteiger partial charge in [0.2, 0.25) is 0 Å². The highest BCUT2D eigenvalue weighted by Gasteiger charge is 2.21. The topological polar surface area (TPSA) is 98.4 Å². The number of hydrogen-bond donors (Lipinski definition) is 3. The van der Waals surface area contributed by atoms with Crippen LogP contribution in [0, 0.1) is 5.92 Å². The molecule has 1 saturated carbocycles. The van der Waals surface area contributed by atoms with E-state index in [1.165, 1.54) is 19.3 Å². The van der Waals surface area contributed by atoms with Gasteiger partial charge in [0.1, 0.15) is 17.0 Å². The van der Waals surface area contributed by atoms with Crippen molar-refractivity contribution >= 4 is 40.0 Å². The number of anilines is 2. The third-order valence-corrected chi connectivity index (χ3v) is 8.10. The number of allylic oxidation sites excluding steroid dienone is 2. The van der Waals surface area contributed by atoms with Crippen LogP contribution < -0.4 is 20.8 Å². The van der Waals surface area contributed by atoms with Crippen molar-refractivity contribution in [1.82, 2.24) is 30.1 Å². The Labute approximate surface area is 232 Å². The van der Waals surface area contributed by atoms with Crippen LogP contribution in [0.1, 0.15) is 57.4 Å². The van der Waals surface area contributed by atoms with E-state index in [1.807, 2.05) is 19.1 Å². The van der Waals surface area contributed by atoms with E-state index in [9.17, 15) is 0 Å². The molecule has 1 saturated heterocycles. The largest absolute Gasteiger partial charge is 0.370 e. The van der Waals surface area contributed by atoms with Crippen LogP contribution in [0.2, 0.25) is 0 Å². The van der Waals surface area contributed by atoms with Crippen LogP contribution in [0.5, 0.6) is 0 Å². The van der Waals surface area contributed by atoms with Gasteiger partial charge in [-0.3, -0.25) is 10.1 Å². The average Bonchev–Trinajstić information content (AvgIpc) is 3.76. The van der Waals surface area contributed by atoms with Crippen LogP contribution in [0.4, 0.5) is 15.8 Å². The third-order valence-electron chi connectivity index (χ3n) is 8.10.